The molecular formula is C14H18BrClN2S. The molecular weight excluding hydrogens is 344 g/mol. The number of hydrogen-bond donors (Lipinski definition) is 0. The van der Waals surface area contributed by atoms with E-state index in [0.717, 1.165) is 22.4 Å². The van der Waals surface area contributed by atoms with Crippen LogP contribution in [-0.2, 0) is 6.54 Å². The lowest BCUT2D eigenvalue weighted by Gasteiger charge is -2.10. The molecule has 0 bridgehead atoms. The molecule has 0 aliphatic carbocycles. The molecule has 0 N–H and O–H groups in total. The minimum Gasteiger partial charge on any atom is -0.327 e. The number of rotatable bonds is 6. The van der Waals surface area contributed by atoms with Crippen molar-refractivity contribution in [1.82, 2.24) is 9.55 Å². The minimum absolute atomic E-state index is 0.0632. The molecule has 2 aromatic rings. The van der Waals surface area contributed by atoms with Crippen molar-refractivity contribution in [3.8, 4) is 0 Å². The molecule has 1 aromatic heterocycles. The highest BCUT2D eigenvalue weighted by Crippen LogP contribution is 2.27. The van der Waals surface area contributed by atoms with Crippen molar-refractivity contribution in [2.24, 2.45) is 0 Å². The smallest absolute Gasteiger partial charge is 0.127 e. The van der Waals surface area contributed by atoms with Gasteiger partial charge in [0.05, 0.1) is 16.4 Å². The van der Waals surface area contributed by atoms with E-state index in [1.165, 1.54) is 24.1 Å². The monoisotopic (exact) mass is 360 g/mol. The first-order valence-electron chi connectivity index (χ1n) is 6.42. The first-order chi connectivity index (χ1) is 9.13. The van der Waals surface area contributed by atoms with E-state index in [1.54, 1.807) is 0 Å². The highest BCUT2D eigenvalue weighted by Gasteiger charge is 2.14. The number of benzene rings is 1. The van der Waals surface area contributed by atoms with Gasteiger partial charge in [-0.1, -0.05) is 15.9 Å². The Morgan fingerprint density at radius 2 is 2.21 bits per heavy atom. The normalized spacial score (nSPS) is 13.1. The summed E-state index contributed by atoms with van der Waals surface area (Å²) in [5, 5.41) is -0.0632. The average molecular weight is 362 g/mol. The minimum atomic E-state index is -0.0632. The van der Waals surface area contributed by atoms with Crippen molar-refractivity contribution >= 4 is 50.3 Å². The van der Waals surface area contributed by atoms with Gasteiger partial charge in [0.1, 0.15) is 5.82 Å². The molecule has 0 spiro atoms. The third kappa shape index (κ3) is 3.67. The molecule has 19 heavy (non-hydrogen) atoms. The van der Waals surface area contributed by atoms with Crippen molar-refractivity contribution in [3.63, 3.8) is 0 Å². The second-order valence-electron chi connectivity index (χ2n) is 4.57. The van der Waals surface area contributed by atoms with Gasteiger partial charge in [-0.15, -0.1) is 11.6 Å². The van der Waals surface area contributed by atoms with Crippen LogP contribution in [0.25, 0.3) is 11.0 Å². The number of thioether (sulfide) groups is 1. The maximum Gasteiger partial charge on any atom is 0.127 e. The van der Waals surface area contributed by atoms with Gasteiger partial charge in [0.2, 0.25) is 0 Å². The van der Waals surface area contributed by atoms with Gasteiger partial charge in [-0.3, -0.25) is 0 Å². The van der Waals surface area contributed by atoms with E-state index >= 15 is 0 Å². The number of hydrogen-bond acceptors (Lipinski definition) is 2. The molecule has 0 amide bonds. The Morgan fingerprint density at radius 3 is 2.89 bits per heavy atom. The molecule has 1 atom stereocenters. The first kappa shape index (κ1) is 15.2. The number of alkyl halides is 1. The highest BCUT2D eigenvalue weighted by molar-refractivity contribution is 9.10. The van der Waals surface area contributed by atoms with Crippen LogP contribution in [0.3, 0.4) is 0 Å². The fourth-order valence-corrected chi connectivity index (χ4v) is 3.18. The van der Waals surface area contributed by atoms with Crippen molar-refractivity contribution in [2.45, 2.75) is 31.7 Å². The van der Waals surface area contributed by atoms with Gasteiger partial charge >= 0.3 is 0 Å². The number of aromatic nitrogens is 2. The number of fused-ring (bicyclic) bond motifs is 1. The number of imidazole rings is 1. The van der Waals surface area contributed by atoms with Gasteiger partial charge in [-0.25, -0.2) is 4.98 Å². The van der Waals surface area contributed by atoms with E-state index in [1.807, 2.05) is 18.7 Å². The Hall–Kier alpha value is -0.190. The summed E-state index contributed by atoms with van der Waals surface area (Å²) in [7, 11) is 0. The summed E-state index contributed by atoms with van der Waals surface area (Å²) in [6, 6.07) is 6.23. The van der Waals surface area contributed by atoms with Gasteiger partial charge in [0, 0.05) is 11.0 Å². The number of unbranched alkanes of at least 4 members (excludes halogenated alkanes) is 1. The highest BCUT2D eigenvalue weighted by atomic mass is 79.9. The topological polar surface area (TPSA) is 17.8 Å². The van der Waals surface area contributed by atoms with Crippen LogP contribution in [0.5, 0.6) is 0 Å². The predicted molar refractivity (Wildman–Crippen MR) is 89.3 cm³/mol. The van der Waals surface area contributed by atoms with Crippen LogP contribution < -0.4 is 0 Å². The number of aryl methyl sites for hydroxylation is 1. The lowest BCUT2D eigenvalue weighted by Crippen LogP contribution is -2.05. The molecule has 5 heteroatoms. The van der Waals surface area contributed by atoms with Crippen LogP contribution in [0.1, 0.15) is 31.0 Å². The first-order valence-corrected chi connectivity index (χ1v) is 9.04. The molecule has 2 nitrogen and oxygen atoms in total. The van der Waals surface area contributed by atoms with E-state index in [0.29, 0.717) is 0 Å². The van der Waals surface area contributed by atoms with Gasteiger partial charge in [-0.05, 0) is 50.0 Å². The average Bonchev–Trinajstić information content (AvgIpc) is 2.72. The van der Waals surface area contributed by atoms with E-state index < -0.39 is 0 Å². The maximum atomic E-state index is 6.26. The summed E-state index contributed by atoms with van der Waals surface area (Å²) in [5.74, 6) is 2.18. The van der Waals surface area contributed by atoms with Crippen LogP contribution in [0.4, 0.5) is 0 Å². The SMILES string of the molecule is CSCCCCn1c(C(C)Cl)nc2cc(Br)ccc21. The fraction of sp³-hybridized carbons (Fsp3) is 0.500. The lowest BCUT2D eigenvalue weighted by atomic mass is 10.3. The van der Waals surface area contributed by atoms with Crippen LogP contribution in [0.15, 0.2) is 22.7 Å². The summed E-state index contributed by atoms with van der Waals surface area (Å²) in [4.78, 5) is 4.67. The summed E-state index contributed by atoms with van der Waals surface area (Å²) in [6.07, 6.45) is 4.54. The number of halogens is 2. The Kier molecular flexibility index (Phi) is 5.60. The van der Waals surface area contributed by atoms with Crippen molar-refractivity contribution < 1.29 is 0 Å². The predicted octanol–water partition coefficient (Wildman–Crippen LogP) is 5.24. The van der Waals surface area contributed by atoms with Crippen molar-refractivity contribution in [1.29, 1.82) is 0 Å². The van der Waals surface area contributed by atoms with Gasteiger partial charge in [0.15, 0.2) is 0 Å². The summed E-state index contributed by atoms with van der Waals surface area (Å²) in [6.45, 7) is 2.97. The molecule has 0 aliphatic rings. The molecule has 1 heterocycles. The second-order valence-corrected chi connectivity index (χ2v) is 7.13. The zero-order valence-corrected chi connectivity index (χ0v) is 14.4. The van der Waals surface area contributed by atoms with E-state index in [9.17, 15) is 0 Å². The molecule has 1 aromatic carbocycles. The van der Waals surface area contributed by atoms with E-state index in [4.69, 9.17) is 11.6 Å². The van der Waals surface area contributed by atoms with E-state index in [-0.39, 0.29) is 5.38 Å². The van der Waals surface area contributed by atoms with E-state index in [2.05, 4.69) is 49.9 Å². The maximum absolute atomic E-state index is 6.26. The van der Waals surface area contributed by atoms with Crippen molar-refractivity contribution in [3.05, 3.63) is 28.5 Å². The molecule has 2 rings (SSSR count). The Bertz CT molecular complexity index is 554. The van der Waals surface area contributed by atoms with Crippen LogP contribution in [-0.4, -0.2) is 21.6 Å². The molecule has 0 aliphatic heterocycles. The Morgan fingerprint density at radius 1 is 1.42 bits per heavy atom. The number of nitrogens with zero attached hydrogens (tertiary/aromatic N) is 2. The Balaban J connectivity index is 2.30. The molecule has 104 valence electrons. The van der Waals surface area contributed by atoms with Gasteiger partial charge < -0.3 is 4.57 Å². The quantitative estimate of drug-likeness (QED) is 0.517. The van der Waals surface area contributed by atoms with Crippen LogP contribution in [0, 0.1) is 0 Å². The molecule has 0 fully saturated rings. The summed E-state index contributed by atoms with van der Waals surface area (Å²) in [5.41, 5.74) is 2.19. The lowest BCUT2D eigenvalue weighted by molar-refractivity contribution is 0.619. The zero-order chi connectivity index (χ0) is 13.8. The van der Waals surface area contributed by atoms with Crippen molar-refractivity contribution in [2.75, 3.05) is 12.0 Å². The third-order valence-electron chi connectivity index (χ3n) is 3.08. The standard InChI is InChI=1S/C14H18BrClN2S/c1-10(16)14-17-12-9-11(15)5-6-13(12)18(14)7-3-4-8-19-2/h5-6,9-10H,3-4,7-8H2,1-2H3. The summed E-state index contributed by atoms with van der Waals surface area (Å²) >= 11 is 11.6. The molecule has 0 radical (unpaired) electrons. The third-order valence-corrected chi connectivity index (χ3v) is 4.46. The van der Waals surface area contributed by atoms with Crippen LogP contribution >= 0.6 is 39.3 Å². The molecule has 0 saturated heterocycles. The van der Waals surface area contributed by atoms with Gasteiger partial charge in [-0.2, -0.15) is 11.8 Å². The zero-order valence-electron chi connectivity index (χ0n) is 11.2. The fourth-order valence-electron chi connectivity index (χ4n) is 2.18. The Labute approximate surface area is 132 Å². The van der Waals surface area contributed by atoms with Crippen LogP contribution in [0.2, 0.25) is 0 Å². The molecule has 0 saturated carbocycles. The second kappa shape index (κ2) is 7.00. The largest absolute Gasteiger partial charge is 0.327 e. The summed E-state index contributed by atoms with van der Waals surface area (Å²) < 4.78 is 3.32. The molecule has 1 unspecified atom stereocenters. The van der Waals surface area contributed by atoms with Gasteiger partial charge in [0.25, 0.3) is 0 Å².